The average Bonchev–Trinajstić information content (AvgIpc) is 2.72. The zero-order chi connectivity index (χ0) is 25.1. The van der Waals surface area contributed by atoms with Crippen LogP contribution >= 0.6 is 0 Å². The molecule has 1 radical (unpaired) electrons. The Bertz CT molecular complexity index is 919. The molecule has 4 fully saturated rings. The van der Waals surface area contributed by atoms with Gasteiger partial charge < -0.3 is 15.3 Å². The Morgan fingerprint density at radius 2 is 1.56 bits per heavy atom. The maximum atomic E-state index is 12.7. The number of aliphatic hydroxyl groups is 2. The van der Waals surface area contributed by atoms with Crippen molar-refractivity contribution in [1.82, 2.24) is 0 Å². The Balaban J connectivity index is 1.61. The molecule has 0 aromatic heterocycles. The quantitative estimate of drug-likeness (QED) is 0.409. The van der Waals surface area contributed by atoms with Crippen LogP contribution < -0.4 is 0 Å². The standard InChI is InChI=1S/C30H47O4/c1-25(2)12-14-30(24(33)34)15-13-28(6)18(19(30)16-25)8-9-22-27(5)17-20(31)23(32)26(3,4)21(27)10-11-29(22,28)7/h8,16,19-23,31-32H,9-15,17H2,1-7H3,(H,33,34)/t19?,20-,21?,22?,23+,27+,28-,29-,30+/m1/s1. The molecule has 34 heavy (non-hydrogen) atoms. The lowest BCUT2D eigenvalue weighted by atomic mass is 9.33. The van der Waals surface area contributed by atoms with Gasteiger partial charge in [0.05, 0.1) is 17.6 Å². The molecule has 4 saturated carbocycles. The van der Waals surface area contributed by atoms with Crippen LogP contribution in [-0.4, -0.2) is 33.5 Å². The molecule has 0 heterocycles. The summed E-state index contributed by atoms with van der Waals surface area (Å²) in [7, 11) is 0. The van der Waals surface area contributed by atoms with Gasteiger partial charge in [0, 0.05) is 5.92 Å². The second kappa shape index (κ2) is 7.12. The lowest BCUT2D eigenvalue weighted by Gasteiger charge is -2.71. The summed E-state index contributed by atoms with van der Waals surface area (Å²) < 4.78 is 0. The Morgan fingerprint density at radius 1 is 0.912 bits per heavy atom. The third-order valence-electron chi connectivity index (χ3n) is 12.7. The number of allylic oxidation sites excluding steroid dienone is 2. The number of hydrogen-bond donors (Lipinski definition) is 3. The highest BCUT2D eigenvalue weighted by molar-refractivity contribution is 5.77. The lowest BCUT2D eigenvalue weighted by molar-refractivity contribution is -0.231. The highest BCUT2D eigenvalue weighted by Crippen LogP contribution is 2.75. The highest BCUT2D eigenvalue weighted by Gasteiger charge is 2.70. The van der Waals surface area contributed by atoms with Crippen molar-refractivity contribution in [3.05, 3.63) is 18.1 Å². The number of hydrogen-bond acceptors (Lipinski definition) is 3. The summed E-state index contributed by atoms with van der Waals surface area (Å²) in [4.78, 5) is 12.7. The number of fused-ring (bicyclic) bond motifs is 7. The molecule has 0 amide bonds. The van der Waals surface area contributed by atoms with Crippen LogP contribution in [0.1, 0.15) is 99.8 Å². The molecule has 5 aliphatic rings. The van der Waals surface area contributed by atoms with E-state index in [4.69, 9.17) is 0 Å². The van der Waals surface area contributed by atoms with E-state index in [-0.39, 0.29) is 33.0 Å². The fourth-order valence-electron chi connectivity index (χ4n) is 10.5. The third-order valence-corrected chi connectivity index (χ3v) is 12.7. The minimum Gasteiger partial charge on any atom is -0.481 e. The van der Waals surface area contributed by atoms with Crippen LogP contribution in [-0.2, 0) is 4.79 Å². The van der Waals surface area contributed by atoms with E-state index in [1.54, 1.807) is 0 Å². The number of carboxylic acids is 1. The van der Waals surface area contributed by atoms with E-state index < -0.39 is 23.6 Å². The fraction of sp³-hybridized carbons (Fsp3) is 0.867. The van der Waals surface area contributed by atoms with Crippen LogP contribution in [0.5, 0.6) is 0 Å². The van der Waals surface area contributed by atoms with Gasteiger partial charge in [-0.1, -0.05) is 60.1 Å². The Labute approximate surface area is 206 Å². The number of rotatable bonds is 1. The van der Waals surface area contributed by atoms with Gasteiger partial charge in [-0.3, -0.25) is 4.79 Å². The Hall–Kier alpha value is -0.870. The molecule has 4 nitrogen and oxygen atoms in total. The molecule has 0 aliphatic heterocycles. The summed E-state index contributed by atoms with van der Waals surface area (Å²) in [6.45, 7) is 16.1. The molecule has 3 unspecified atom stereocenters. The van der Waals surface area contributed by atoms with E-state index >= 15 is 0 Å². The zero-order valence-electron chi connectivity index (χ0n) is 22.4. The fourth-order valence-corrected chi connectivity index (χ4v) is 10.5. The molecule has 191 valence electrons. The largest absolute Gasteiger partial charge is 0.481 e. The van der Waals surface area contributed by atoms with Crippen molar-refractivity contribution in [3.63, 3.8) is 0 Å². The van der Waals surface area contributed by atoms with Crippen LogP contribution in [0.3, 0.4) is 0 Å². The van der Waals surface area contributed by atoms with E-state index in [1.165, 1.54) is 5.57 Å². The summed E-state index contributed by atoms with van der Waals surface area (Å²) >= 11 is 0. The van der Waals surface area contributed by atoms with Crippen molar-refractivity contribution in [1.29, 1.82) is 0 Å². The first-order chi connectivity index (χ1) is 15.6. The molecule has 0 bridgehead atoms. The molecule has 5 aliphatic carbocycles. The molecule has 5 rings (SSSR count). The van der Waals surface area contributed by atoms with E-state index in [0.29, 0.717) is 18.3 Å². The topological polar surface area (TPSA) is 77.8 Å². The van der Waals surface area contributed by atoms with Crippen LogP contribution in [0.2, 0.25) is 0 Å². The predicted octanol–water partition coefficient (Wildman–Crippen LogP) is 6.02. The number of carboxylic acid groups (broad SMARTS) is 1. The van der Waals surface area contributed by atoms with Crippen molar-refractivity contribution in [3.8, 4) is 0 Å². The average molecular weight is 472 g/mol. The smallest absolute Gasteiger partial charge is 0.310 e. The van der Waals surface area contributed by atoms with Crippen LogP contribution in [0.25, 0.3) is 0 Å². The SMILES string of the molecule is CC1(C)[CH]C2C3=CCC4[C@@]5(C)C[C@@H](O)[C@H](O)C(C)(C)C5CC[C@@]4(C)[C@]3(C)CC[C@@]2(C(=O)O)CC1. The lowest BCUT2D eigenvalue weighted by Crippen LogP contribution is -2.67. The van der Waals surface area contributed by atoms with Crippen LogP contribution in [0.15, 0.2) is 11.6 Å². The molecule has 0 saturated heterocycles. The van der Waals surface area contributed by atoms with Crippen molar-refractivity contribution in [2.24, 2.45) is 50.2 Å². The van der Waals surface area contributed by atoms with Crippen molar-refractivity contribution < 1.29 is 20.1 Å². The van der Waals surface area contributed by atoms with Gasteiger partial charge in [-0.15, -0.1) is 0 Å². The minimum atomic E-state index is -0.685. The summed E-state index contributed by atoms with van der Waals surface area (Å²) in [5.74, 6) is 0.187. The number of carbonyl (C=O) groups is 1. The highest BCUT2D eigenvalue weighted by atomic mass is 16.4. The molecular formula is C30H47O4. The van der Waals surface area contributed by atoms with Crippen molar-refractivity contribution >= 4 is 5.97 Å². The van der Waals surface area contributed by atoms with Crippen LogP contribution in [0, 0.1) is 56.7 Å². The Kier molecular flexibility index (Phi) is 5.20. The molecular weight excluding hydrogens is 424 g/mol. The number of aliphatic hydroxyl groups excluding tert-OH is 2. The van der Waals surface area contributed by atoms with Gasteiger partial charge in [0.15, 0.2) is 0 Å². The first-order valence-corrected chi connectivity index (χ1v) is 13.7. The number of aliphatic carboxylic acids is 1. The third kappa shape index (κ3) is 2.88. The van der Waals surface area contributed by atoms with Crippen molar-refractivity contribution in [2.75, 3.05) is 0 Å². The Morgan fingerprint density at radius 3 is 2.21 bits per heavy atom. The van der Waals surface area contributed by atoms with Gasteiger partial charge in [0.25, 0.3) is 0 Å². The van der Waals surface area contributed by atoms with E-state index in [1.807, 2.05) is 0 Å². The molecule has 3 N–H and O–H groups in total. The van der Waals surface area contributed by atoms with Gasteiger partial charge in [0.1, 0.15) is 0 Å². The van der Waals surface area contributed by atoms with Gasteiger partial charge in [-0.2, -0.15) is 0 Å². The normalized spacial score (nSPS) is 53.4. The monoisotopic (exact) mass is 471 g/mol. The molecule has 0 spiro atoms. The van der Waals surface area contributed by atoms with E-state index in [9.17, 15) is 20.1 Å². The van der Waals surface area contributed by atoms with Gasteiger partial charge >= 0.3 is 5.97 Å². The molecule has 4 heteroatoms. The zero-order valence-corrected chi connectivity index (χ0v) is 22.4. The maximum absolute atomic E-state index is 12.7. The first kappa shape index (κ1) is 24.8. The molecule has 0 aromatic rings. The summed E-state index contributed by atoms with van der Waals surface area (Å²) in [5, 5.41) is 32.3. The molecule has 9 atom stereocenters. The second-order valence-electron chi connectivity index (χ2n) is 14.9. The van der Waals surface area contributed by atoms with Gasteiger partial charge in [0.2, 0.25) is 0 Å². The van der Waals surface area contributed by atoms with E-state index in [0.717, 1.165) is 44.9 Å². The van der Waals surface area contributed by atoms with E-state index in [2.05, 4.69) is 61.0 Å². The van der Waals surface area contributed by atoms with Gasteiger partial charge in [-0.25, -0.2) is 0 Å². The maximum Gasteiger partial charge on any atom is 0.310 e. The second-order valence-corrected chi connectivity index (χ2v) is 14.9. The first-order valence-electron chi connectivity index (χ1n) is 13.7. The summed E-state index contributed by atoms with van der Waals surface area (Å²) in [6.07, 6.45) is 10.6. The minimum absolute atomic E-state index is 0.00557. The molecule has 0 aromatic carbocycles. The van der Waals surface area contributed by atoms with Gasteiger partial charge in [-0.05, 0) is 96.7 Å². The summed E-state index contributed by atoms with van der Waals surface area (Å²) in [6, 6.07) is 0. The van der Waals surface area contributed by atoms with Crippen LogP contribution in [0.4, 0.5) is 0 Å². The summed E-state index contributed by atoms with van der Waals surface area (Å²) in [5.41, 5.74) is 0.450. The predicted molar refractivity (Wildman–Crippen MR) is 134 cm³/mol. The van der Waals surface area contributed by atoms with Crippen molar-refractivity contribution in [2.45, 2.75) is 112 Å².